The monoisotopic (exact) mass is 369 g/mol. The van der Waals surface area contributed by atoms with Crippen LogP contribution in [0.1, 0.15) is 39.7 Å². The topological polar surface area (TPSA) is 65.4 Å². The second kappa shape index (κ2) is 9.57. The van der Waals surface area contributed by atoms with E-state index in [1.54, 1.807) is 24.3 Å². The van der Waals surface area contributed by atoms with Crippen molar-refractivity contribution in [1.82, 2.24) is 10.2 Å². The smallest absolute Gasteiger partial charge is 0.244 e. The summed E-state index contributed by atoms with van der Waals surface area (Å²) in [5, 5.41) is 11.5. The lowest BCUT2D eigenvalue weighted by molar-refractivity contribution is -0.117. The molecule has 27 heavy (non-hydrogen) atoms. The zero-order valence-electron chi connectivity index (χ0n) is 16.9. The van der Waals surface area contributed by atoms with Crippen LogP contribution in [-0.2, 0) is 4.79 Å². The molecule has 5 nitrogen and oxygen atoms in total. The van der Waals surface area contributed by atoms with Gasteiger partial charge >= 0.3 is 0 Å². The summed E-state index contributed by atoms with van der Waals surface area (Å²) in [6.07, 6.45) is 4.62. The summed E-state index contributed by atoms with van der Waals surface area (Å²) in [6, 6.07) is 9.23. The van der Waals surface area contributed by atoms with E-state index in [4.69, 9.17) is 10.00 Å². The molecule has 1 heterocycles. The summed E-state index contributed by atoms with van der Waals surface area (Å²) in [7, 11) is 0. The maximum atomic E-state index is 12.2. The van der Waals surface area contributed by atoms with Gasteiger partial charge in [-0.25, -0.2) is 0 Å². The first-order valence-electron chi connectivity index (χ1n) is 9.61. The molecule has 1 amide bonds. The number of rotatable bonds is 7. The molecule has 1 N–H and O–H groups in total. The summed E-state index contributed by atoms with van der Waals surface area (Å²) in [4.78, 5) is 14.7. The Morgan fingerprint density at radius 2 is 1.93 bits per heavy atom. The minimum absolute atomic E-state index is 0.0297. The lowest BCUT2D eigenvalue weighted by Gasteiger charge is -2.45. The molecule has 0 spiro atoms. The molecule has 1 aliphatic heterocycles. The molecule has 0 radical (unpaired) electrons. The van der Waals surface area contributed by atoms with Crippen molar-refractivity contribution in [2.24, 2.45) is 11.8 Å². The maximum absolute atomic E-state index is 12.2. The van der Waals surface area contributed by atoms with E-state index < -0.39 is 0 Å². The second-order valence-corrected chi connectivity index (χ2v) is 8.23. The maximum Gasteiger partial charge on any atom is 0.244 e. The number of nitriles is 1. The van der Waals surface area contributed by atoms with E-state index >= 15 is 0 Å². The van der Waals surface area contributed by atoms with Crippen molar-refractivity contribution in [1.29, 1.82) is 5.26 Å². The van der Waals surface area contributed by atoms with Crippen molar-refractivity contribution in [2.75, 3.05) is 26.2 Å². The number of carbonyl (C=O) groups excluding carboxylic acids is 1. The Morgan fingerprint density at radius 1 is 1.30 bits per heavy atom. The molecule has 5 heteroatoms. The van der Waals surface area contributed by atoms with Gasteiger partial charge in [0.1, 0.15) is 11.8 Å². The van der Waals surface area contributed by atoms with Crippen LogP contribution in [0.15, 0.2) is 30.3 Å². The predicted octanol–water partition coefficient (Wildman–Crippen LogP) is 3.47. The van der Waals surface area contributed by atoms with E-state index in [0.29, 0.717) is 24.1 Å². The SMILES string of the molecule is CC1CC(C)CN(C(C)(C)CNC(=O)/C=C/c2ccc(OCC#N)cc2)C1. The third-order valence-electron chi connectivity index (χ3n) is 5.03. The average Bonchev–Trinajstić information content (AvgIpc) is 2.63. The van der Waals surface area contributed by atoms with E-state index in [-0.39, 0.29) is 18.1 Å². The number of nitrogens with zero attached hydrogens (tertiary/aromatic N) is 2. The number of hydrogen-bond acceptors (Lipinski definition) is 4. The van der Waals surface area contributed by atoms with Crippen LogP contribution in [0.5, 0.6) is 5.75 Å². The van der Waals surface area contributed by atoms with E-state index in [2.05, 4.69) is 37.9 Å². The summed E-state index contributed by atoms with van der Waals surface area (Å²) in [5.41, 5.74) is 0.846. The number of benzene rings is 1. The van der Waals surface area contributed by atoms with E-state index in [9.17, 15) is 4.79 Å². The molecule has 2 rings (SSSR count). The van der Waals surface area contributed by atoms with Gasteiger partial charge in [0.15, 0.2) is 6.61 Å². The van der Waals surface area contributed by atoms with Crippen LogP contribution < -0.4 is 10.1 Å². The Kier molecular flexibility index (Phi) is 7.44. The molecule has 0 saturated carbocycles. The summed E-state index contributed by atoms with van der Waals surface area (Å²) in [5.74, 6) is 1.95. The fourth-order valence-corrected chi connectivity index (χ4v) is 3.59. The van der Waals surface area contributed by atoms with Crippen molar-refractivity contribution in [3.8, 4) is 11.8 Å². The Labute approximate surface area is 163 Å². The molecule has 0 bridgehead atoms. The quantitative estimate of drug-likeness (QED) is 0.748. The minimum Gasteiger partial charge on any atom is -0.479 e. The highest BCUT2D eigenvalue weighted by molar-refractivity contribution is 5.91. The van der Waals surface area contributed by atoms with Gasteiger partial charge in [-0.05, 0) is 55.9 Å². The van der Waals surface area contributed by atoms with Crippen molar-refractivity contribution in [3.63, 3.8) is 0 Å². The number of ether oxygens (including phenoxy) is 1. The summed E-state index contributed by atoms with van der Waals surface area (Å²) in [6.45, 7) is 11.8. The van der Waals surface area contributed by atoms with Gasteiger partial charge in [0, 0.05) is 31.2 Å². The summed E-state index contributed by atoms with van der Waals surface area (Å²) < 4.78 is 5.22. The lowest BCUT2D eigenvalue weighted by Crippen LogP contribution is -2.56. The third-order valence-corrected chi connectivity index (χ3v) is 5.03. The van der Waals surface area contributed by atoms with Gasteiger partial charge < -0.3 is 10.1 Å². The van der Waals surface area contributed by atoms with Crippen LogP contribution in [0, 0.1) is 23.2 Å². The second-order valence-electron chi connectivity index (χ2n) is 8.23. The van der Waals surface area contributed by atoms with E-state index in [0.717, 1.165) is 18.7 Å². The molecule has 2 atom stereocenters. The minimum atomic E-state index is -0.0917. The predicted molar refractivity (Wildman–Crippen MR) is 108 cm³/mol. The van der Waals surface area contributed by atoms with Crippen LogP contribution in [0.3, 0.4) is 0 Å². The highest BCUT2D eigenvalue weighted by Gasteiger charge is 2.32. The van der Waals surface area contributed by atoms with Gasteiger partial charge in [0.25, 0.3) is 0 Å². The molecule has 2 unspecified atom stereocenters. The largest absolute Gasteiger partial charge is 0.479 e. The normalized spacial score (nSPS) is 21.0. The molecule has 1 aromatic carbocycles. The number of carbonyl (C=O) groups is 1. The fourth-order valence-electron chi connectivity index (χ4n) is 3.59. The van der Waals surface area contributed by atoms with Crippen molar-refractivity contribution < 1.29 is 9.53 Å². The molecule has 0 aromatic heterocycles. The summed E-state index contributed by atoms with van der Waals surface area (Å²) >= 11 is 0. The number of piperidine rings is 1. The highest BCUT2D eigenvalue weighted by atomic mass is 16.5. The standard InChI is InChI=1S/C22H31N3O2/c1-17-13-18(2)15-25(14-17)22(3,4)16-24-21(26)10-7-19-5-8-20(9-6-19)27-12-11-23/h5-10,17-18H,12-16H2,1-4H3,(H,24,26)/b10-7+. The van der Waals surface area contributed by atoms with Crippen LogP contribution in [0.2, 0.25) is 0 Å². The first-order chi connectivity index (χ1) is 12.8. The fraction of sp³-hybridized carbons (Fsp3) is 0.545. The van der Waals surface area contributed by atoms with Crippen molar-refractivity contribution >= 4 is 12.0 Å². The van der Waals surface area contributed by atoms with Gasteiger partial charge in [-0.2, -0.15) is 5.26 Å². The molecular weight excluding hydrogens is 338 g/mol. The van der Waals surface area contributed by atoms with E-state index in [1.165, 1.54) is 6.42 Å². The Hall–Kier alpha value is -2.32. The number of nitrogens with one attached hydrogen (secondary N) is 1. The number of likely N-dealkylation sites (tertiary alicyclic amines) is 1. The molecule has 1 aliphatic rings. The first-order valence-corrected chi connectivity index (χ1v) is 9.61. The van der Waals surface area contributed by atoms with Crippen LogP contribution in [-0.4, -0.2) is 42.6 Å². The Balaban J connectivity index is 1.84. The number of hydrogen-bond donors (Lipinski definition) is 1. The zero-order chi connectivity index (χ0) is 19.9. The lowest BCUT2D eigenvalue weighted by atomic mass is 9.88. The molecule has 1 aromatic rings. The van der Waals surface area contributed by atoms with Crippen molar-refractivity contribution in [2.45, 2.75) is 39.7 Å². The first kappa shape index (κ1) is 21.0. The van der Waals surface area contributed by atoms with Crippen LogP contribution in [0.4, 0.5) is 0 Å². The molecule has 1 fully saturated rings. The van der Waals surface area contributed by atoms with Crippen LogP contribution in [0.25, 0.3) is 6.08 Å². The Morgan fingerprint density at radius 3 is 2.52 bits per heavy atom. The highest BCUT2D eigenvalue weighted by Crippen LogP contribution is 2.26. The van der Waals surface area contributed by atoms with Gasteiger partial charge in [0.2, 0.25) is 5.91 Å². The molecule has 0 aliphatic carbocycles. The molecule has 1 saturated heterocycles. The van der Waals surface area contributed by atoms with Gasteiger partial charge in [-0.3, -0.25) is 9.69 Å². The van der Waals surface area contributed by atoms with Gasteiger partial charge in [0.05, 0.1) is 0 Å². The van der Waals surface area contributed by atoms with Crippen LogP contribution >= 0.6 is 0 Å². The Bertz CT molecular complexity index is 679. The average molecular weight is 370 g/mol. The van der Waals surface area contributed by atoms with Crippen molar-refractivity contribution in [3.05, 3.63) is 35.9 Å². The third kappa shape index (κ3) is 6.73. The number of amides is 1. The molecule has 146 valence electrons. The van der Waals surface area contributed by atoms with Gasteiger partial charge in [-0.1, -0.05) is 26.0 Å². The zero-order valence-corrected chi connectivity index (χ0v) is 16.9. The van der Waals surface area contributed by atoms with Gasteiger partial charge in [-0.15, -0.1) is 0 Å². The van der Waals surface area contributed by atoms with E-state index in [1.807, 2.05) is 18.2 Å². The molecular formula is C22H31N3O2.